The van der Waals surface area contributed by atoms with Crippen LogP contribution < -0.4 is 10.1 Å². The molecular formula is C29H31N3O6. The number of nitrogens with one attached hydrogen (secondary N) is 1. The van der Waals surface area contributed by atoms with Crippen LogP contribution in [0.15, 0.2) is 77.7 Å². The van der Waals surface area contributed by atoms with E-state index in [0.717, 1.165) is 44.3 Å². The molecule has 2 heterocycles. The first-order chi connectivity index (χ1) is 18.5. The molecule has 2 amide bonds. The largest absolute Gasteiger partial charge is 0.507 e. The second kappa shape index (κ2) is 12.7. The van der Waals surface area contributed by atoms with Gasteiger partial charge in [0.1, 0.15) is 23.3 Å². The van der Waals surface area contributed by atoms with Crippen molar-refractivity contribution in [3.8, 4) is 11.5 Å². The number of allylic oxidation sites excluding steroid dienone is 1. The molecule has 1 aliphatic carbocycles. The molecule has 3 aromatic rings. The number of phenols is 1. The first-order valence-corrected chi connectivity index (χ1v) is 12.6. The second-order valence-corrected chi connectivity index (χ2v) is 9.15. The Morgan fingerprint density at radius 3 is 2.55 bits per heavy atom. The van der Waals surface area contributed by atoms with Gasteiger partial charge < -0.3 is 24.5 Å². The molecule has 0 radical (unpaired) electrons. The lowest BCUT2D eigenvalue weighted by molar-refractivity contribution is -0.138. The van der Waals surface area contributed by atoms with E-state index in [4.69, 9.17) is 9.15 Å². The molecule has 1 aliphatic rings. The third-order valence-electron chi connectivity index (χ3n) is 6.57. The minimum Gasteiger partial charge on any atom is -0.507 e. The number of aromatic nitrogens is 1. The summed E-state index contributed by atoms with van der Waals surface area (Å²) < 4.78 is 10.5. The van der Waals surface area contributed by atoms with Crippen LogP contribution >= 0.6 is 0 Å². The Labute approximate surface area is 221 Å². The van der Waals surface area contributed by atoms with Crippen molar-refractivity contribution in [3.63, 3.8) is 0 Å². The van der Waals surface area contributed by atoms with Crippen molar-refractivity contribution in [1.82, 2.24) is 15.2 Å². The highest BCUT2D eigenvalue weighted by atomic mass is 16.5. The van der Waals surface area contributed by atoms with Crippen LogP contribution in [0.5, 0.6) is 11.5 Å². The molecule has 0 aliphatic heterocycles. The highest BCUT2D eigenvalue weighted by Crippen LogP contribution is 2.27. The number of hydrogen-bond acceptors (Lipinski definition) is 7. The molecule has 4 rings (SSSR count). The minimum atomic E-state index is -0.980. The number of hydrogen-bond donors (Lipinski definition) is 2. The Bertz CT molecular complexity index is 1270. The fourth-order valence-corrected chi connectivity index (χ4v) is 4.59. The molecular weight excluding hydrogens is 486 g/mol. The topological polar surface area (TPSA) is 122 Å². The number of phenolic OH excluding ortho intramolecular Hbond substituents is 1. The molecule has 9 heteroatoms. The van der Waals surface area contributed by atoms with Crippen molar-refractivity contribution in [2.24, 2.45) is 0 Å². The molecule has 1 fully saturated rings. The van der Waals surface area contributed by atoms with Gasteiger partial charge in [0.05, 0.1) is 25.5 Å². The number of pyridine rings is 1. The minimum absolute atomic E-state index is 0.00320. The highest BCUT2D eigenvalue weighted by molar-refractivity contribution is 6.09. The summed E-state index contributed by atoms with van der Waals surface area (Å²) in [7, 11) is 1.45. The van der Waals surface area contributed by atoms with E-state index < -0.39 is 17.7 Å². The summed E-state index contributed by atoms with van der Waals surface area (Å²) in [5, 5.41) is 13.3. The molecule has 38 heavy (non-hydrogen) atoms. The Hall–Kier alpha value is -4.40. The molecule has 0 spiro atoms. The van der Waals surface area contributed by atoms with E-state index in [1.165, 1.54) is 30.4 Å². The monoisotopic (exact) mass is 517 g/mol. The molecule has 2 aromatic heterocycles. The van der Waals surface area contributed by atoms with Crippen LogP contribution in [0.4, 0.5) is 0 Å². The summed E-state index contributed by atoms with van der Waals surface area (Å²) >= 11 is 0. The van der Waals surface area contributed by atoms with Gasteiger partial charge in [-0.2, -0.15) is 0 Å². The second-order valence-electron chi connectivity index (χ2n) is 9.15. The van der Waals surface area contributed by atoms with Crippen molar-refractivity contribution < 1.29 is 28.6 Å². The van der Waals surface area contributed by atoms with Crippen LogP contribution in [0.3, 0.4) is 0 Å². The molecule has 0 bridgehead atoms. The molecule has 2 N–H and O–H groups in total. The Balaban J connectivity index is 1.63. The maximum atomic E-state index is 13.7. The highest BCUT2D eigenvalue weighted by Gasteiger charge is 2.33. The smallest absolute Gasteiger partial charge is 0.248 e. The van der Waals surface area contributed by atoms with Crippen molar-refractivity contribution in [1.29, 1.82) is 0 Å². The number of benzene rings is 1. The van der Waals surface area contributed by atoms with E-state index in [1.54, 1.807) is 42.7 Å². The van der Waals surface area contributed by atoms with E-state index in [2.05, 4.69) is 10.3 Å². The van der Waals surface area contributed by atoms with E-state index in [-0.39, 0.29) is 29.8 Å². The first kappa shape index (κ1) is 26.7. The summed E-state index contributed by atoms with van der Waals surface area (Å²) in [5.74, 6) is -0.828. The number of amides is 2. The quantitative estimate of drug-likeness (QED) is 0.303. The Morgan fingerprint density at radius 1 is 1.13 bits per heavy atom. The van der Waals surface area contributed by atoms with Crippen molar-refractivity contribution in [3.05, 3.63) is 90.2 Å². The number of carbonyl (C=O) groups is 3. The number of nitrogens with zero attached hydrogens (tertiary/aromatic N) is 2. The van der Waals surface area contributed by atoms with E-state index in [9.17, 15) is 19.5 Å². The third-order valence-corrected chi connectivity index (χ3v) is 6.57. The molecule has 198 valence electrons. The molecule has 1 aromatic carbocycles. The van der Waals surface area contributed by atoms with Crippen LogP contribution in [0.1, 0.15) is 59.8 Å². The zero-order chi connectivity index (χ0) is 26.9. The number of furan rings is 1. The van der Waals surface area contributed by atoms with Crippen LogP contribution in [-0.4, -0.2) is 45.7 Å². The average molecular weight is 518 g/mol. The maximum Gasteiger partial charge on any atom is 0.248 e. The summed E-state index contributed by atoms with van der Waals surface area (Å²) in [6.07, 6.45) is 11.8. The van der Waals surface area contributed by atoms with Gasteiger partial charge >= 0.3 is 0 Å². The van der Waals surface area contributed by atoms with E-state index in [0.29, 0.717) is 17.1 Å². The predicted octanol–water partition coefficient (Wildman–Crippen LogP) is 4.35. The standard InChI is InChI=1S/C29H31N3O6/c1-37-22-9-10-24(26(34)18-22)25(33)11-12-27(35)32(19-23-8-5-17-38-23)28(20-13-15-30-16-14-20)29(36)31-21-6-3-2-4-7-21/h5,8-18,21,28,34H,2-4,6-7,19H2,1H3,(H,31,36). The van der Waals surface area contributed by atoms with Crippen LogP contribution in [0, 0.1) is 0 Å². The van der Waals surface area contributed by atoms with E-state index >= 15 is 0 Å². The third kappa shape index (κ3) is 6.67. The molecule has 1 saturated carbocycles. The summed E-state index contributed by atoms with van der Waals surface area (Å²) in [5.41, 5.74) is 0.605. The van der Waals surface area contributed by atoms with Crippen LogP contribution in [0.25, 0.3) is 0 Å². The number of aromatic hydroxyl groups is 1. The number of methoxy groups -OCH3 is 1. The van der Waals surface area contributed by atoms with Gasteiger partial charge in [0.2, 0.25) is 11.8 Å². The number of ketones is 1. The van der Waals surface area contributed by atoms with Gasteiger partial charge in [0, 0.05) is 30.6 Å². The zero-order valence-electron chi connectivity index (χ0n) is 21.2. The van der Waals surface area contributed by atoms with Gasteiger partial charge in [-0.3, -0.25) is 19.4 Å². The van der Waals surface area contributed by atoms with Gasteiger partial charge in [-0.1, -0.05) is 19.3 Å². The number of ether oxygens (including phenoxy) is 1. The normalized spacial score (nSPS) is 14.7. The molecule has 1 unspecified atom stereocenters. The van der Waals surface area contributed by atoms with Gasteiger partial charge in [0.15, 0.2) is 5.78 Å². The molecule has 0 saturated heterocycles. The Kier molecular flexibility index (Phi) is 8.92. The fourth-order valence-electron chi connectivity index (χ4n) is 4.59. The molecule has 9 nitrogen and oxygen atoms in total. The average Bonchev–Trinajstić information content (AvgIpc) is 3.45. The number of carbonyl (C=O) groups excluding carboxylic acids is 3. The maximum absolute atomic E-state index is 13.7. The summed E-state index contributed by atoms with van der Waals surface area (Å²) in [6.45, 7) is 0.00320. The summed E-state index contributed by atoms with van der Waals surface area (Å²) in [6, 6.07) is 10.1. The Morgan fingerprint density at radius 2 is 1.89 bits per heavy atom. The summed E-state index contributed by atoms with van der Waals surface area (Å²) in [4.78, 5) is 45.4. The van der Waals surface area contributed by atoms with Crippen molar-refractivity contribution in [2.75, 3.05) is 7.11 Å². The van der Waals surface area contributed by atoms with Crippen LogP contribution in [-0.2, 0) is 16.1 Å². The van der Waals surface area contributed by atoms with Crippen molar-refractivity contribution >= 4 is 17.6 Å². The lowest BCUT2D eigenvalue weighted by atomic mass is 9.94. The zero-order valence-corrected chi connectivity index (χ0v) is 21.2. The van der Waals surface area contributed by atoms with E-state index in [1.807, 2.05) is 0 Å². The van der Waals surface area contributed by atoms with Crippen molar-refractivity contribution in [2.45, 2.75) is 50.7 Å². The van der Waals surface area contributed by atoms with Crippen LogP contribution in [0.2, 0.25) is 0 Å². The SMILES string of the molecule is COc1ccc(C(=O)C=CC(=O)N(Cc2ccco2)C(C(=O)NC2CCCCC2)c2ccncc2)c(O)c1. The molecule has 1 atom stereocenters. The first-order valence-electron chi connectivity index (χ1n) is 12.6. The van der Waals surface area contributed by atoms with Gasteiger partial charge in [-0.05, 0) is 60.9 Å². The lowest BCUT2D eigenvalue weighted by Gasteiger charge is -2.32. The predicted molar refractivity (Wildman–Crippen MR) is 139 cm³/mol. The van der Waals surface area contributed by atoms with Gasteiger partial charge in [-0.25, -0.2) is 0 Å². The van der Waals surface area contributed by atoms with Gasteiger partial charge in [0.25, 0.3) is 0 Å². The lowest BCUT2D eigenvalue weighted by Crippen LogP contribution is -2.46. The fraction of sp³-hybridized carbons (Fsp3) is 0.310. The number of rotatable bonds is 10. The van der Waals surface area contributed by atoms with Gasteiger partial charge in [-0.15, -0.1) is 0 Å².